The van der Waals surface area contributed by atoms with E-state index in [-0.39, 0.29) is 11.8 Å². The van der Waals surface area contributed by atoms with Crippen molar-refractivity contribution < 1.29 is 14.3 Å². The molecule has 1 amide bonds. The lowest BCUT2D eigenvalue weighted by Crippen LogP contribution is -2.36. The van der Waals surface area contributed by atoms with Crippen molar-refractivity contribution in [2.75, 3.05) is 12.0 Å². The number of nitrogens with zero attached hydrogens (tertiary/aromatic N) is 1. The lowest BCUT2D eigenvalue weighted by molar-refractivity contribution is -0.134. The van der Waals surface area contributed by atoms with Crippen LogP contribution in [0.2, 0.25) is 0 Å². The molecule has 1 aliphatic rings. The van der Waals surface area contributed by atoms with Crippen LogP contribution in [0.5, 0.6) is 0 Å². The molecule has 0 unspecified atom stereocenters. The van der Waals surface area contributed by atoms with Crippen LogP contribution in [-0.2, 0) is 20.9 Å². The van der Waals surface area contributed by atoms with E-state index in [9.17, 15) is 9.59 Å². The minimum Gasteiger partial charge on any atom is -0.466 e. The Balaban J connectivity index is 1.55. The van der Waals surface area contributed by atoms with E-state index in [4.69, 9.17) is 4.74 Å². The third-order valence-corrected chi connectivity index (χ3v) is 6.60. The maximum atomic E-state index is 13.7. The smallest absolute Gasteiger partial charge is 0.330 e. The predicted octanol–water partition coefficient (Wildman–Crippen LogP) is 7.16. The molecular weight excluding hydrogens is 446 g/mol. The zero-order valence-corrected chi connectivity index (χ0v) is 20.8. The van der Waals surface area contributed by atoms with Gasteiger partial charge in [0.1, 0.15) is 0 Å². The summed E-state index contributed by atoms with van der Waals surface area (Å²) >= 11 is 0. The molecule has 3 aromatic carbocycles. The molecule has 4 rings (SSSR count). The minimum absolute atomic E-state index is 0.0566. The SMILES string of the molecule is COC(=O)C=Cc1cccc(N(Cc2ccc(C=Cc3ccccc3)cc2)C(=O)C2CCCCC2)c1. The Morgan fingerprint density at radius 1 is 0.806 bits per heavy atom. The maximum Gasteiger partial charge on any atom is 0.330 e. The lowest BCUT2D eigenvalue weighted by Gasteiger charge is -2.30. The number of amides is 1. The normalized spacial score (nSPS) is 14.2. The van der Waals surface area contributed by atoms with Gasteiger partial charge < -0.3 is 9.64 Å². The van der Waals surface area contributed by atoms with Gasteiger partial charge in [-0.15, -0.1) is 0 Å². The zero-order valence-electron chi connectivity index (χ0n) is 20.8. The molecule has 0 N–H and O–H groups in total. The molecule has 36 heavy (non-hydrogen) atoms. The van der Waals surface area contributed by atoms with E-state index in [1.165, 1.54) is 19.6 Å². The molecule has 0 aliphatic heterocycles. The standard InChI is InChI=1S/C32H33NO3/c1-36-31(34)22-21-27-11-8-14-30(23-27)33(32(35)29-12-6-3-7-13-29)24-28-19-17-26(18-20-28)16-15-25-9-4-2-5-10-25/h2,4-5,8-11,14-23,29H,3,6-7,12-13,24H2,1H3. The number of benzene rings is 3. The second-order valence-corrected chi connectivity index (χ2v) is 9.20. The number of hydrogen-bond donors (Lipinski definition) is 0. The summed E-state index contributed by atoms with van der Waals surface area (Å²) in [6.07, 6.45) is 12.6. The number of esters is 1. The van der Waals surface area contributed by atoms with E-state index in [1.54, 1.807) is 6.08 Å². The van der Waals surface area contributed by atoms with E-state index in [2.05, 4.69) is 48.6 Å². The van der Waals surface area contributed by atoms with Gasteiger partial charge in [-0.2, -0.15) is 0 Å². The van der Waals surface area contributed by atoms with Gasteiger partial charge in [0.25, 0.3) is 0 Å². The summed E-state index contributed by atoms with van der Waals surface area (Å²) in [5.74, 6) is -0.171. The first-order chi connectivity index (χ1) is 17.6. The van der Waals surface area contributed by atoms with Crippen LogP contribution < -0.4 is 4.90 Å². The summed E-state index contributed by atoms with van der Waals surface area (Å²) in [4.78, 5) is 27.1. The molecule has 0 aromatic heterocycles. The Kier molecular flexibility index (Phi) is 8.87. The average molecular weight is 480 g/mol. The molecule has 0 bridgehead atoms. The third-order valence-electron chi connectivity index (χ3n) is 6.60. The van der Waals surface area contributed by atoms with Crippen molar-refractivity contribution in [3.8, 4) is 0 Å². The number of carbonyl (C=O) groups excluding carboxylic acids is 2. The molecule has 4 heteroatoms. The van der Waals surface area contributed by atoms with Crippen molar-refractivity contribution in [1.82, 2.24) is 0 Å². The molecular formula is C32H33NO3. The maximum absolute atomic E-state index is 13.7. The van der Waals surface area contributed by atoms with Crippen molar-refractivity contribution >= 4 is 35.8 Å². The van der Waals surface area contributed by atoms with Gasteiger partial charge in [-0.1, -0.05) is 98.1 Å². The highest BCUT2D eigenvalue weighted by Crippen LogP contribution is 2.29. The van der Waals surface area contributed by atoms with Crippen LogP contribution in [0.25, 0.3) is 18.2 Å². The molecule has 3 aromatic rings. The topological polar surface area (TPSA) is 46.6 Å². The molecule has 1 saturated carbocycles. The molecule has 1 aliphatic carbocycles. The van der Waals surface area contributed by atoms with Crippen molar-refractivity contribution in [1.29, 1.82) is 0 Å². The van der Waals surface area contributed by atoms with Gasteiger partial charge in [-0.25, -0.2) is 4.79 Å². The van der Waals surface area contributed by atoms with Gasteiger partial charge >= 0.3 is 5.97 Å². The monoisotopic (exact) mass is 479 g/mol. The fourth-order valence-corrected chi connectivity index (χ4v) is 4.57. The Bertz CT molecular complexity index is 1210. The highest BCUT2D eigenvalue weighted by molar-refractivity contribution is 5.95. The van der Waals surface area contributed by atoms with Crippen molar-refractivity contribution in [3.63, 3.8) is 0 Å². The van der Waals surface area contributed by atoms with Gasteiger partial charge in [0.15, 0.2) is 0 Å². The fourth-order valence-electron chi connectivity index (χ4n) is 4.57. The second-order valence-electron chi connectivity index (χ2n) is 9.20. The highest BCUT2D eigenvalue weighted by Gasteiger charge is 2.27. The number of rotatable bonds is 8. The van der Waals surface area contributed by atoms with Crippen molar-refractivity contribution in [2.45, 2.75) is 38.6 Å². The summed E-state index contributed by atoms with van der Waals surface area (Å²) in [5, 5.41) is 0. The first-order valence-corrected chi connectivity index (χ1v) is 12.6. The number of carbonyl (C=O) groups is 2. The Morgan fingerprint density at radius 3 is 2.17 bits per heavy atom. The van der Waals surface area contributed by atoms with E-state index in [0.29, 0.717) is 6.54 Å². The quantitative estimate of drug-likeness (QED) is 0.196. The number of hydrogen-bond acceptors (Lipinski definition) is 3. The van der Waals surface area contributed by atoms with Crippen LogP contribution in [0.15, 0.2) is 84.9 Å². The minimum atomic E-state index is -0.406. The molecule has 0 heterocycles. The van der Waals surface area contributed by atoms with E-state index in [0.717, 1.165) is 53.6 Å². The molecule has 0 radical (unpaired) electrons. The summed E-state index contributed by atoms with van der Waals surface area (Å²) in [6, 6.07) is 26.3. The van der Waals surface area contributed by atoms with Gasteiger partial charge in [0, 0.05) is 17.7 Å². The van der Waals surface area contributed by atoms with E-state index < -0.39 is 5.97 Å². The van der Waals surface area contributed by atoms with E-state index in [1.807, 2.05) is 47.4 Å². The van der Waals surface area contributed by atoms with Crippen LogP contribution in [0.4, 0.5) is 5.69 Å². The molecule has 0 saturated heterocycles. The molecule has 0 atom stereocenters. The molecule has 184 valence electrons. The average Bonchev–Trinajstić information content (AvgIpc) is 2.95. The lowest BCUT2D eigenvalue weighted by atomic mass is 9.88. The summed E-state index contributed by atoms with van der Waals surface area (Å²) in [5.41, 5.74) is 5.03. The number of methoxy groups -OCH3 is 1. The van der Waals surface area contributed by atoms with E-state index >= 15 is 0 Å². The van der Waals surface area contributed by atoms with Crippen molar-refractivity contribution in [3.05, 3.63) is 107 Å². The van der Waals surface area contributed by atoms with Crippen LogP contribution in [0, 0.1) is 5.92 Å². The third kappa shape index (κ3) is 7.05. The number of anilines is 1. The second kappa shape index (κ2) is 12.7. The summed E-state index contributed by atoms with van der Waals surface area (Å²) in [6.45, 7) is 0.502. The van der Waals surface area contributed by atoms with Gasteiger partial charge in [0.05, 0.1) is 13.7 Å². The molecule has 1 fully saturated rings. The molecule has 0 spiro atoms. The van der Waals surface area contributed by atoms with Crippen LogP contribution in [-0.4, -0.2) is 19.0 Å². The van der Waals surface area contributed by atoms with Gasteiger partial charge in [-0.3, -0.25) is 4.79 Å². The fraction of sp³-hybridized carbons (Fsp3) is 0.250. The Labute approximate surface area is 213 Å². The number of ether oxygens (including phenoxy) is 1. The largest absolute Gasteiger partial charge is 0.466 e. The first-order valence-electron chi connectivity index (χ1n) is 12.6. The van der Waals surface area contributed by atoms with Gasteiger partial charge in [-0.05, 0) is 53.3 Å². The van der Waals surface area contributed by atoms with Crippen molar-refractivity contribution in [2.24, 2.45) is 5.92 Å². The van der Waals surface area contributed by atoms with Crippen LogP contribution >= 0.6 is 0 Å². The Hall–Kier alpha value is -3.92. The molecule has 4 nitrogen and oxygen atoms in total. The van der Waals surface area contributed by atoms with Gasteiger partial charge in [0.2, 0.25) is 5.91 Å². The summed E-state index contributed by atoms with van der Waals surface area (Å²) < 4.78 is 4.70. The summed E-state index contributed by atoms with van der Waals surface area (Å²) in [7, 11) is 1.36. The first kappa shape index (κ1) is 25.2. The highest BCUT2D eigenvalue weighted by atomic mass is 16.5. The zero-order chi connectivity index (χ0) is 25.2. The predicted molar refractivity (Wildman–Crippen MR) is 147 cm³/mol. The van der Waals surface area contributed by atoms with Crippen LogP contribution in [0.3, 0.4) is 0 Å². The van der Waals surface area contributed by atoms with Crippen LogP contribution in [0.1, 0.15) is 54.4 Å². The Morgan fingerprint density at radius 2 is 1.47 bits per heavy atom.